The molecule has 0 unspecified atom stereocenters. The van der Waals surface area contributed by atoms with Crippen LogP contribution in [0.15, 0.2) is 22.7 Å². The summed E-state index contributed by atoms with van der Waals surface area (Å²) in [4.78, 5) is 14.2. The van der Waals surface area contributed by atoms with E-state index in [9.17, 15) is 4.79 Å². The zero-order chi connectivity index (χ0) is 13.5. The quantitative estimate of drug-likeness (QED) is 0.754. The van der Waals surface area contributed by atoms with E-state index in [-0.39, 0.29) is 5.91 Å². The largest absolute Gasteiger partial charge is 0.380 e. The van der Waals surface area contributed by atoms with Gasteiger partial charge in [0.05, 0.1) is 12.2 Å². The molecule has 0 spiro atoms. The van der Waals surface area contributed by atoms with Gasteiger partial charge in [0.25, 0.3) is 5.91 Å². The Labute approximate surface area is 117 Å². The molecule has 1 aromatic rings. The van der Waals surface area contributed by atoms with Crippen molar-refractivity contribution in [3.05, 3.63) is 33.8 Å². The maximum absolute atomic E-state index is 12.4. The van der Waals surface area contributed by atoms with Crippen LogP contribution < -0.4 is 0 Å². The molecule has 0 saturated heterocycles. The number of hydrogen-bond donors (Lipinski definition) is 0. The molecule has 1 amide bonds. The number of rotatable bonds is 6. The summed E-state index contributed by atoms with van der Waals surface area (Å²) >= 11 is 3.43. The molecule has 3 nitrogen and oxygen atoms in total. The maximum atomic E-state index is 12.4. The zero-order valence-corrected chi connectivity index (χ0v) is 12.8. The van der Waals surface area contributed by atoms with Crippen LogP contribution in [0.1, 0.15) is 29.8 Å². The summed E-state index contributed by atoms with van der Waals surface area (Å²) in [7, 11) is 0. The van der Waals surface area contributed by atoms with E-state index >= 15 is 0 Å². The van der Waals surface area contributed by atoms with Crippen molar-refractivity contribution >= 4 is 21.8 Å². The first-order chi connectivity index (χ1) is 8.60. The molecule has 0 fully saturated rings. The van der Waals surface area contributed by atoms with Crippen LogP contribution in [0.2, 0.25) is 0 Å². The van der Waals surface area contributed by atoms with Crippen LogP contribution in [-0.2, 0) is 4.74 Å². The normalized spacial score (nSPS) is 10.4. The predicted molar refractivity (Wildman–Crippen MR) is 76.9 cm³/mol. The monoisotopic (exact) mass is 313 g/mol. The van der Waals surface area contributed by atoms with Gasteiger partial charge < -0.3 is 9.64 Å². The molecule has 0 saturated carbocycles. The Hall–Kier alpha value is -0.870. The van der Waals surface area contributed by atoms with Crippen molar-refractivity contribution < 1.29 is 9.53 Å². The summed E-state index contributed by atoms with van der Waals surface area (Å²) in [6, 6.07) is 5.81. The van der Waals surface area contributed by atoms with Gasteiger partial charge >= 0.3 is 0 Å². The van der Waals surface area contributed by atoms with E-state index in [1.54, 1.807) is 4.90 Å². The van der Waals surface area contributed by atoms with E-state index in [4.69, 9.17) is 4.74 Å². The predicted octanol–water partition coefficient (Wildman–Crippen LogP) is 3.26. The summed E-state index contributed by atoms with van der Waals surface area (Å²) in [5, 5.41) is 0. The Morgan fingerprint density at radius 2 is 2.11 bits per heavy atom. The minimum Gasteiger partial charge on any atom is -0.380 e. The summed E-state index contributed by atoms with van der Waals surface area (Å²) in [5.41, 5.74) is 1.80. The molecular weight excluding hydrogens is 294 g/mol. The summed E-state index contributed by atoms with van der Waals surface area (Å²) in [6.07, 6.45) is 0. The number of carbonyl (C=O) groups excluding carboxylic acids is 1. The first kappa shape index (κ1) is 15.2. The van der Waals surface area contributed by atoms with Crippen molar-refractivity contribution in [2.45, 2.75) is 20.8 Å². The lowest BCUT2D eigenvalue weighted by Crippen LogP contribution is -2.34. The van der Waals surface area contributed by atoms with E-state index in [0.717, 1.165) is 10.0 Å². The van der Waals surface area contributed by atoms with Gasteiger partial charge in [-0.15, -0.1) is 0 Å². The lowest BCUT2D eigenvalue weighted by atomic mass is 10.1. The lowest BCUT2D eigenvalue weighted by molar-refractivity contribution is 0.0668. The smallest absolute Gasteiger partial charge is 0.255 e. The lowest BCUT2D eigenvalue weighted by Gasteiger charge is -2.21. The standard InChI is InChI=1S/C14H20BrNO2/c1-4-16(8-9-18-5-2)14(17)12-10-11(3)6-7-13(12)15/h6-7,10H,4-5,8-9H2,1-3H3. The highest BCUT2D eigenvalue weighted by atomic mass is 79.9. The van der Waals surface area contributed by atoms with Gasteiger partial charge in [0.15, 0.2) is 0 Å². The number of likely N-dealkylation sites (N-methyl/N-ethyl adjacent to an activating group) is 1. The molecule has 4 heteroatoms. The fourth-order valence-electron chi connectivity index (χ4n) is 1.70. The minimum absolute atomic E-state index is 0.0489. The number of hydrogen-bond acceptors (Lipinski definition) is 2. The molecule has 0 aromatic heterocycles. The van der Waals surface area contributed by atoms with E-state index in [0.29, 0.717) is 31.9 Å². The summed E-state index contributed by atoms with van der Waals surface area (Å²) < 4.78 is 6.14. The van der Waals surface area contributed by atoms with Crippen LogP contribution in [0.4, 0.5) is 0 Å². The number of ether oxygens (including phenoxy) is 1. The molecule has 0 aliphatic rings. The molecule has 0 aliphatic heterocycles. The molecule has 0 N–H and O–H groups in total. The van der Waals surface area contributed by atoms with Gasteiger partial charge in [0.1, 0.15) is 0 Å². The van der Waals surface area contributed by atoms with Gasteiger partial charge in [-0.25, -0.2) is 0 Å². The molecule has 0 atom stereocenters. The Morgan fingerprint density at radius 1 is 1.39 bits per heavy atom. The molecule has 0 radical (unpaired) electrons. The van der Waals surface area contributed by atoms with Crippen LogP contribution in [-0.4, -0.2) is 37.1 Å². The Kier molecular flexibility index (Phi) is 6.36. The van der Waals surface area contributed by atoms with Crippen LogP contribution in [0.3, 0.4) is 0 Å². The topological polar surface area (TPSA) is 29.5 Å². The molecule has 18 heavy (non-hydrogen) atoms. The van der Waals surface area contributed by atoms with Crippen LogP contribution in [0.5, 0.6) is 0 Å². The second-order valence-corrected chi connectivity index (χ2v) is 4.92. The average molecular weight is 314 g/mol. The van der Waals surface area contributed by atoms with Gasteiger partial charge in [0.2, 0.25) is 0 Å². The summed E-state index contributed by atoms with van der Waals surface area (Å²) in [5.74, 6) is 0.0489. The number of benzene rings is 1. The molecular formula is C14H20BrNO2. The number of amides is 1. The Bertz CT molecular complexity index is 407. The van der Waals surface area contributed by atoms with Crippen molar-refractivity contribution in [3.8, 4) is 0 Å². The van der Waals surface area contributed by atoms with Gasteiger partial charge in [-0.05, 0) is 48.8 Å². The highest BCUT2D eigenvalue weighted by Gasteiger charge is 2.16. The van der Waals surface area contributed by atoms with Gasteiger partial charge in [-0.3, -0.25) is 4.79 Å². The number of aryl methyl sites for hydroxylation is 1. The molecule has 1 aromatic carbocycles. The highest BCUT2D eigenvalue weighted by Crippen LogP contribution is 2.19. The van der Waals surface area contributed by atoms with E-state index in [1.165, 1.54) is 0 Å². The second-order valence-electron chi connectivity index (χ2n) is 4.07. The summed E-state index contributed by atoms with van der Waals surface area (Å²) in [6.45, 7) is 8.50. The van der Waals surface area contributed by atoms with E-state index < -0.39 is 0 Å². The fraction of sp³-hybridized carbons (Fsp3) is 0.500. The Balaban J connectivity index is 2.79. The SMILES string of the molecule is CCOCCN(CC)C(=O)c1cc(C)ccc1Br. The van der Waals surface area contributed by atoms with Crippen molar-refractivity contribution in [2.75, 3.05) is 26.3 Å². The average Bonchev–Trinajstić information content (AvgIpc) is 2.37. The third kappa shape index (κ3) is 4.10. The first-order valence-corrected chi connectivity index (χ1v) is 7.02. The third-order valence-electron chi connectivity index (χ3n) is 2.73. The molecule has 1 rings (SSSR count). The van der Waals surface area contributed by atoms with Crippen LogP contribution >= 0.6 is 15.9 Å². The van der Waals surface area contributed by atoms with Gasteiger partial charge in [-0.1, -0.05) is 11.6 Å². The zero-order valence-electron chi connectivity index (χ0n) is 11.2. The fourth-order valence-corrected chi connectivity index (χ4v) is 2.11. The third-order valence-corrected chi connectivity index (χ3v) is 3.42. The first-order valence-electron chi connectivity index (χ1n) is 6.23. The minimum atomic E-state index is 0.0489. The van der Waals surface area contributed by atoms with E-state index in [1.807, 2.05) is 39.0 Å². The molecule has 100 valence electrons. The van der Waals surface area contributed by atoms with Gasteiger partial charge in [-0.2, -0.15) is 0 Å². The molecule has 0 bridgehead atoms. The highest BCUT2D eigenvalue weighted by molar-refractivity contribution is 9.10. The Morgan fingerprint density at radius 3 is 2.72 bits per heavy atom. The van der Waals surface area contributed by atoms with Crippen molar-refractivity contribution in [1.82, 2.24) is 4.90 Å². The number of carbonyl (C=O) groups is 1. The van der Waals surface area contributed by atoms with Crippen molar-refractivity contribution in [2.24, 2.45) is 0 Å². The van der Waals surface area contributed by atoms with E-state index in [2.05, 4.69) is 15.9 Å². The number of halogens is 1. The molecule has 0 heterocycles. The van der Waals surface area contributed by atoms with Crippen LogP contribution in [0, 0.1) is 6.92 Å². The van der Waals surface area contributed by atoms with Gasteiger partial charge in [0, 0.05) is 24.2 Å². The molecule has 0 aliphatic carbocycles. The van der Waals surface area contributed by atoms with Crippen molar-refractivity contribution in [1.29, 1.82) is 0 Å². The second kappa shape index (κ2) is 7.54. The van der Waals surface area contributed by atoms with Crippen LogP contribution in [0.25, 0.3) is 0 Å². The van der Waals surface area contributed by atoms with Crippen molar-refractivity contribution in [3.63, 3.8) is 0 Å². The number of nitrogens with zero attached hydrogens (tertiary/aromatic N) is 1. The maximum Gasteiger partial charge on any atom is 0.255 e.